The Morgan fingerprint density at radius 3 is 2.93 bits per heavy atom. The van der Waals surface area contributed by atoms with Crippen molar-refractivity contribution >= 4 is 17.5 Å². The molecule has 0 spiro atoms. The molecule has 136 valence electrons. The number of hydrogen-bond acceptors (Lipinski definition) is 5. The van der Waals surface area contributed by atoms with Crippen LogP contribution < -0.4 is 5.32 Å². The molecule has 1 amide bonds. The van der Waals surface area contributed by atoms with Crippen LogP contribution in [0, 0.1) is 17.2 Å². The molecule has 0 aromatic carbocycles. The second-order valence-corrected chi connectivity index (χ2v) is 7.47. The number of nitriles is 1. The van der Waals surface area contributed by atoms with E-state index in [1.807, 2.05) is 29.1 Å². The third-order valence-corrected chi connectivity index (χ3v) is 5.60. The molecule has 1 N–H and O–H groups in total. The lowest BCUT2D eigenvalue weighted by atomic mass is 9.75. The summed E-state index contributed by atoms with van der Waals surface area (Å²) >= 11 is 0. The van der Waals surface area contributed by atoms with E-state index in [0.717, 1.165) is 43.4 Å². The second kappa shape index (κ2) is 5.91. The molecule has 5 rings (SSSR count). The maximum absolute atomic E-state index is 12.0. The molecule has 2 fully saturated rings. The predicted molar refractivity (Wildman–Crippen MR) is 97.6 cm³/mol. The van der Waals surface area contributed by atoms with Crippen LogP contribution in [0.4, 0.5) is 5.95 Å². The Labute approximate surface area is 155 Å². The van der Waals surface area contributed by atoms with E-state index < -0.39 is 0 Å². The van der Waals surface area contributed by atoms with Crippen LogP contribution in [0.3, 0.4) is 0 Å². The summed E-state index contributed by atoms with van der Waals surface area (Å²) in [5.41, 5.74) is 2.26. The van der Waals surface area contributed by atoms with Gasteiger partial charge in [0.2, 0.25) is 11.9 Å². The molecule has 3 aromatic rings. The van der Waals surface area contributed by atoms with Gasteiger partial charge in [-0.1, -0.05) is 6.07 Å². The van der Waals surface area contributed by atoms with Gasteiger partial charge in [0.15, 0.2) is 5.65 Å². The first kappa shape index (κ1) is 16.0. The summed E-state index contributed by atoms with van der Waals surface area (Å²) in [6, 6.07) is 8.02. The molecular weight excluding hydrogens is 342 g/mol. The van der Waals surface area contributed by atoms with Gasteiger partial charge in [-0.2, -0.15) is 15.3 Å². The molecule has 3 heterocycles. The molecule has 0 bridgehead atoms. The van der Waals surface area contributed by atoms with E-state index in [9.17, 15) is 4.79 Å². The Hall–Kier alpha value is -3.21. The fourth-order valence-corrected chi connectivity index (χ4v) is 3.67. The highest BCUT2D eigenvalue weighted by molar-refractivity contribution is 5.92. The molecule has 2 aliphatic rings. The summed E-state index contributed by atoms with van der Waals surface area (Å²) in [7, 11) is 0. The molecule has 27 heavy (non-hydrogen) atoms. The molecule has 3 aromatic heterocycles. The number of aromatic nitrogens is 5. The number of carbonyl (C=O) groups is 1. The third kappa shape index (κ3) is 2.67. The van der Waals surface area contributed by atoms with Gasteiger partial charge in [0.05, 0.1) is 29.9 Å². The molecule has 0 saturated heterocycles. The van der Waals surface area contributed by atoms with E-state index in [1.165, 1.54) is 0 Å². The molecule has 2 aliphatic carbocycles. The molecule has 8 heteroatoms. The molecule has 0 unspecified atom stereocenters. The van der Waals surface area contributed by atoms with Crippen LogP contribution in [-0.4, -0.2) is 30.3 Å². The Kier molecular flexibility index (Phi) is 3.50. The van der Waals surface area contributed by atoms with Gasteiger partial charge in [-0.05, 0) is 44.2 Å². The standard InChI is InChI=1S/C19H19N7O/c20-10-9-19(7-2-8-19)25-12-14(11-21-25)15-3-1-4-16-22-18(24-26(15)16)23-17(27)13-5-6-13/h1,3-4,11-13H,2,5-9H2,(H,23,24,27). The fraction of sp³-hybridized carbons (Fsp3) is 0.421. The number of nitrogens with one attached hydrogen (secondary N) is 1. The number of anilines is 1. The summed E-state index contributed by atoms with van der Waals surface area (Å²) in [4.78, 5) is 16.4. The Balaban J connectivity index is 1.49. The van der Waals surface area contributed by atoms with Crippen molar-refractivity contribution in [2.75, 3.05) is 5.32 Å². The molecule has 0 aliphatic heterocycles. The first-order valence-corrected chi connectivity index (χ1v) is 9.28. The van der Waals surface area contributed by atoms with Crippen LogP contribution >= 0.6 is 0 Å². The van der Waals surface area contributed by atoms with Crippen molar-refractivity contribution < 1.29 is 4.79 Å². The molecule has 8 nitrogen and oxygen atoms in total. The van der Waals surface area contributed by atoms with E-state index >= 15 is 0 Å². The van der Waals surface area contributed by atoms with Gasteiger partial charge in [0, 0.05) is 17.7 Å². The number of rotatable bonds is 5. The zero-order valence-electron chi connectivity index (χ0n) is 14.8. The summed E-state index contributed by atoms with van der Waals surface area (Å²) in [5.74, 6) is 0.420. The van der Waals surface area contributed by atoms with Gasteiger partial charge >= 0.3 is 0 Å². The molecule has 0 atom stereocenters. The van der Waals surface area contributed by atoms with Crippen molar-refractivity contribution in [1.29, 1.82) is 5.26 Å². The quantitative estimate of drug-likeness (QED) is 0.753. The fourth-order valence-electron chi connectivity index (χ4n) is 3.67. The van der Waals surface area contributed by atoms with Crippen molar-refractivity contribution in [2.24, 2.45) is 5.92 Å². The van der Waals surface area contributed by atoms with Crippen LogP contribution in [-0.2, 0) is 10.3 Å². The van der Waals surface area contributed by atoms with Crippen LogP contribution in [0.1, 0.15) is 38.5 Å². The normalized spacial score (nSPS) is 18.0. The Morgan fingerprint density at radius 1 is 1.37 bits per heavy atom. The van der Waals surface area contributed by atoms with Gasteiger partial charge < -0.3 is 0 Å². The van der Waals surface area contributed by atoms with E-state index in [4.69, 9.17) is 5.26 Å². The van der Waals surface area contributed by atoms with Crippen molar-refractivity contribution in [3.05, 3.63) is 30.6 Å². The highest BCUT2D eigenvalue weighted by atomic mass is 16.2. The highest BCUT2D eigenvalue weighted by Crippen LogP contribution is 2.42. The average molecular weight is 361 g/mol. The highest BCUT2D eigenvalue weighted by Gasteiger charge is 2.39. The zero-order valence-corrected chi connectivity index (χ0v) is 14.8. The largest absolute Gasteiger partial charge is 0.293 e. The van der Waals surface area contributed by atoms with Crippen LogP contribution in [0.25, 0.3) is 16.9 Å². The molecule has 0 radical (unpaired) electrons. The van der Waals surface area contributed by atoms with Crippen LogP contribution in [0.15, 0.2) is 30.6 Å². The second-order valence-electron chi connectivity index (χ2n) is 7.47. The minimum atomic E-state index is -0.174. The van der Waals surface area contributed by atoms with E-state index in [-0.39, 0.29) is 17.4 Å². The lowest BCUT2D eigenvalue weighted by Gasteiger charge is -2.40. The minimum Gasteiger partial charge on any atom is -0.293 e. The van der Waals surface area contributed by atoms with Crippen molar-refractivity contribution in [3.63, 3.8) is 0 Å². The van der Waals surface area contributed by atoms with Crippen LogP contribution in [0.2, 0.25) is 0 Å². The SMILES string of the molecule is N#CCC1(n2cc(-c3cccc4nc(NC(=O)C5CC5)nn34)cn2)CCC1. The van der Waals surface area contributed by atoms with Gasteiger partial charge in [0.1, 0.15) is 0 Å². The summed E-state index contributed by atoms with van der Waals surface area (Å²) in [6.07, 6.45) is 9.21. The Morgan fingerprint density at radius 2 is 2.22 bits per heavy atom. The van der Waals surface area contributed by atoms with E-state index in [0.29, 0.717) is 18.0 Å². The lowest BCUT2D eigenvalue weighted by molar-refractivity contribution is -0.117. The van der Waals surface area contributed by atoms with Gasteiger partial charge in [-0.25, -0.2) is 4.52 Å². The predicted octanol–water partition coefficient (Wildman–Crippen LogP) is 2.73. The monoisotopic (exact) mass is 361 g/mol. The number of pyridine rings is 1. The average Bonchev–Trinajstić information content (AvgIpc) is 3.23. The number of hydrogen-bond donors (Lipinski definition) is 1. The third-order valence-electron chi connectivity index (χ3n) is 5.60. The van der Waals surface area contributed by atoms with Gasteiger partial charge in [-0.3, -0.25) is 14.8 Å². The van der Waals surface area contributed by atoms with Crippen molar-refractivity contribution in [1.82, 2.24) is 24.4 Å². The number of amides is 1. The zero-order chi connectivity index (χ0) is 18.4. The first-order chi connectivity index (χ1) is 13.2. The van der Waals surface area contributed by atoms with Crippen molar-refractivity contribution in [3.8, 4) is 17.3 Å². The first-order valence-electron chi connectivity index (χ1n) is 9.28. The maximum Gasteiger partial charge on any atom is 0.249 e. The minimum absolute atomic E-state index is 0.0105. The summed E-state index contributed by atoms with van der Waals surface area (Å²) < 4.78 is 3.65. The van der Waals surface area contributed by atoms with Gasteiger partial charge in [0.25, 0.3) is 0 Å². The Bertz CT molecular complexity index is 1070. The summed E-state index contributed by atoms with van der Waals surface area (Å²) in [6.45, 7) is 0. The number of fused-ring (bicyclic) bond motifs is 1. The van der Waals surface area contributed by atoms with Crippen LogP contribution in [0.5, 0.6) is 0 Å². The topological polar surface area (TPSA) is 101 Å². The van der Waals surface area contributed by atoms with E-state index in [1.54, 1.807) is 10.7 Å². The van der Waals surface area contributed by atoms with E-state index in [2.05, 4.69) is 26.6 Å². The molecular formula is C19H19N7O. The molecule has 2 saturated carbocycles. The smallest absolute Gasteiger partial charge is 0.249 e. The van der Waals surface area contributed by atoms with Gasteiger partial charge in [-0.15, -0.1) is 5.10 Å². The van der Waals surface area contributed by atoms with Crippen molar-refractivity contribution in [2.45, 2.75) is 44.1 Å². The summed E-state index contributed by atoms with van der Waals surface area (Å²) in [5, 5.41) is 21.0. The maximum atomic E-state index is 12.0. The number of carbonyl (C=O) groups excluding carboxylic acids is 1. The lowest BCUT2D eigenvalue weighted by Crippen LogP contribution is -2.40. The number of nitrogens with zero attached hydrogens (tertiary/aromatic N) is 6.